The van der Waals surface area contributed by atoms with E-state index in [0.717, 1.165) is 52.4 Å². The maximum Gasteiger partial charge on any atom is 0.148 e. The zero-order chi connectivity index (χ0) is 19.9. The second kappa shape index (κ2) is 9.51. The standard InChI is InChI=1S/C21H23N3O3S/c1-4-24-20-13-16(23-28-27-26-6-3)9-12-18(20)19(14-22)21(24)15-7-10-17(11-8-15)25-5-2/h7-13,23H,4-6H2,1-3H3. The largest absolute Gasteiger partial charge is 0.494 e. The van der Waals surface area contributed by atoms with Gasteiger partial charge in [-0.05, 0) is 68.8 Å². The van der Waals surface area contributed by atoms with Gasteiger partial charge in [-0.1, -0.05) is 0 Å². The van der Waals surface area contributed by atoms with E-state index in [0.29, 0.717) is 18.8 Å². The quantitative estimate of drug-likeness (QED) is 0.168. The summed E-state index contributed by atoms with van der Waals surface area (Å²) in [6.45, 7) is 7.73. The van der Waals surface area contributed by atoms with E-state index in [9.17, 15) is 5.26 Å². The Kier molecular flexibility index (Phi) is 6.82. The summed E-state index contributed by atoms with van der Waals surface area (Å²) < 4.78 is 15.7. The Bertz CT molecular complexity index is 977. The van der Waals surface area contributed by atoms with Gasteiger partial charge in [0.2, 0.25) is 0 Å². The fourth-order valence-corrected chi connectivity index (χ4v) is 3.57. The lowest BCUT2D eigenvalue weighted by molar-refractivity contribution is -0.185. The van der Waals surface area contributed by atoms with E-state index in [-0.39, 0.29) is 0 Å². The Morgan fingerprint density at radius 1 is 1.07 bits per heavy atom. The van der Waals surface area contributed by atoms with Gasteiger partial charge >= 0.3 is 0 Å². The molecule has 0 aliphatic carbocycles. The van der Waals surface area contributed by atoms with Crippen LogP contribution in [0.3, 0.4) is 0 Å². The molecule has 0 aliphatic rings. The van der Waals surface area contributed by atoms with E-state index in [4.69, 9.17) is 14.0 Å². The highest BCUT2D eigenvalue weighted by Gasteiger charge is 2.18. The number of rotatable bonds is 9. The number of fused-ring (bicyclic) bond motifs is 1. The summed E-state index contributed by atoms with van der Waals surface area (Å²) in [7, 11) is 0. The fraction of sp³-hybridized carbons (Fsp3) is 0.286. The Balaban J connectivity index is 2.03. The first-order valence-corrected chi connectivity index (χ1v) is 9.98. The topological polar surface area (TPSA) is 68.4 Å². The lowest BCUT2D eigenvalue weighted by atomic mass is 10.1. The second-order valence-electron chi connectivity index (χ2n) is 5.93. The Morgan fingerprint density at radius 3 is 2.50 bits per heavy atom. The zero-order valence-corrected chi connectivity index (χ0v) is 17.0. The van der Waals surface area contributed by atoms with Crippen molar-refractivity contribution in [2.24, 2.45) is 0 Å². The number of nitrogens with zero attached hydrogens (tertiary/aromatic N) is 2. The van der Waals surface area contributed by atoms with Gasteiger partial charge in [0.05, 0.1) is 30.0 Å². The number of nitrogens with one attached hydrogen (secondary N) is 1. The van der Waals surface area contributed by atoms with E-state index in [1.807, 2.05) is 56.3 Å². The summed E-state index contributed by atoms with van der Waals surface area (Å²) in [6.07, 6.45) is 0. The van der Waals surface area contributed by atoms with Gasteiger partial charge in [0.15, 0.2) is 0 Å². The monoisotopic (exact) mass is 397 g/mol. The van der Waals surface area contributed by atoms with Crippen molar-refractivity contribution in [2.45, 2.75) is 27.3 Å². The van der Waals surface area contributed by atoms with Crippen LogP contribution in [0.4, 0.5) is 5.69 Å². The average Bonchev–Trinajstić information content (AvgIpc) is 3.04. The van der Waals surface area contributed by atoms with Crippen molar-refractivity contribution in [3.63, 3.8) is 0 Å². The van der Waals surface area contributed by atoms with Crippen molar-refractivity contribution in [1.82, 2.24) is 4.57 Å². The van der Waals surface area contributed by atoms with Gasteiger partial charge in [0.25, 0.3) is 0 Å². The molecule has 1 aromatic heterocycles. The molecule has 0 bridgehead atoms. The predicted molar refractivity (Wildman–Crippen MR) is 113 cm³/mol. The Labute approximate surface area is 169 Å². The number of nitriles is 1. The third-order valence-corrected chi connectivity index (χ3v) is 4.77. The molecule has 2 aromatic carbocycles. The van der Waals surface area contributed by atoms with E-state index >= 15 is 0 Å². The van der Waals surface area contributed by atoms with Gasteiger partial charge in [0.1, 0.15) is 24.0 Å². The molecule has 1 heterocycles. The molecule has 28 heavy (non-hydrogen) atoms. The molecule has 0 radical (unpaired) electrons. The number of hydrogen-bond acceptors (Lipinski definition) is 6. The van der Waals surface area contributed by atoms with Crippen molar-refractivity contribution < 1.29 is 14.0 Å². The fourth-order valence-electron chi connectivity index (χ4n) is 3.17. The second-order valence-corrected chi connectivity index (χ2v) is 6.44. The summed E-state index contributed by atoms with van der Waals surface area (Å²) in [5.74, 6) is 0.821. The summed E-state index contributed by atoms with van der Waals surface area (Å²) in [5.41, 5.74) is 4.43. The molecule has 3 rings (SSSR count). The molecular formula is C21H23N3O3S. The number of anilines is 1. The molecule has 0 spiro atoms. The Morgan fingerprint density at radius 2 is 1.86 bits per heavy atom. The molecule has 3 aromatic rings. The minimum atomic E-state index is 0.476. The molecule has 0 amide bonds. The molecule has 0 fully saturated rings. The lowest BCUT2D eigenvalue weighted by Gasteiger charge is -2.10. The third kappa shape index (κ3) is 4.09. The number of ether oxygens (including phenoxy) is 1. The van der Waals surface area contributed by atoms with Crippen molar-refractivity contribution in [3.8, 4) is 23.1 Å². The van der Waals surface area contributed by atoms with Crippen LogP contribution in [-0.2, 0) is 15.8 Å². The summed E-state index contributed by atoms with van der Waals surface area (Å²) >= 11 is 1.01. The predicted octanol–water partition coefficient (Wildman–Crippen LogP) is 5.54. The van der Waals surface area contributed by atoms with Crippen molar-refractivity contribution in [3.05, 3.63) is 48.0 Å². The van der Waals surface area contributed by atoms with Gasteiger partial charge in [-0.2, -0.15) is 5.26 Å². The summed E-state index contributed by atoms with van der Waals surface area (Å²) in [4.78, 5) is 4.85. The van der Waals surface area contributed by atoms with E-state index < -0.39 is 0 Å². The molecular weight excluding hydrogens is 374 g/mol. The molecule has 0 aliphatic heterocycles. The van der Waals surface area contributed by atoms with Gasteiger partial charge in [-0.3, -0.25) is 0 Å². The van der Waals surface area contributed by atoms with Crippen molar-refractivity contribution in [2.75, 3.05) is 17.9 Å². The van der Waals surface area contributed by atoms with E-state index in [1.54, 1.807) is 0 Å². The minimum absolute atomic E-state index is 0.476. The molecule has 1 N–H and O–H groups in total. The number of aryl methyl sites for hydroxylation is 1. The van der Waals surface area contributed by atoms with Gasteiger partial charge in [0, 0.05) is 17.6 Å². The number of aromatic nitrogens is 1. The van der Waals surface area contributed by atoms with Crippen molar-refractivity contribution >= 4 is 28.8 Å². The van der Waals surface area contributed by atoms with Gasteiger partial charge in [-0.15, -0.1) is 4.33 Å². The maximum absolute atomic E-state index is 9.85. The van der Waals surface area contributed by atoms with Crippen LogP contribution in [0.5, 0.6) is 5.75 Å². The maximum atomic E-state index is 9.85. The van der Waals surface area contributed by atoms with Crippen LogP contribution < -0.4 is 9.46 Å². The first-order valence-electron chi connectivity index (χ1n) is 9.24. The minimum Gasteiger partial charge on any atom is -0.494 e. The SMILES string of the molecule is CCOOSNc1ccc2c(C#N)c(-c3ccc(OCC)cc3)n(CC)c2c1. The average molecular weight is 398 g/mol. The molecule has 0 saturated heterocycles. The van der Waals surface area contributed by atoms with Crippen LogP contribution in [0, 0.1) is 11.3 Å². The zero-order valence-electron chi connectivity index (χ0n) is 16.2. The van der Waals surface area contributed by atoms with Crippen LogP contribution in [0.1, 0.15) is 26.3 Å². The highest BCUT2D eigenvalue weighted by Crippen LogP contribution is 2.35. The van der Waals surface area contributed by atoms with Crippen LogP contribution in [-0.4, -0.2) is 17.8 Å². The van der Waals surface area contributed by atoms with Crippen LogP contribution in [0.15, 0.2) is 42.5 Å². The lowest BCUT2D eigenvalue weighted by Crippen LogP contribution is -1.98. The van der Waals surface area contributed by atoms with E-state index in [1.165, 1.54) is 0 Å². The first kappa shape index (κ1) is 20.1. The van der Waals surface area contributed by atoms with Crippen LogP contribution >= 0.6 is 12.2 Å². The van der Waals surface area contributed by atoms with Gasteiger partial charge in [-0.25, -0.2) is 4.89 Å². The van der Waals surface area contributed by atoms with Crippen molar-refractivity contribution in [1.29, 1.82) is 5.26 Å². The van der Waals surface area contributed by atoms with Crippen LogP contribution in [0.25, 0.3) is 22.2 Å². The summed E-state index contributed by atoms with van der Waals surface area (Å²) in [5, 5.41) is 10.8. The van der Waals surface area contributed by atoms with Gasteiger partial charge < -0.3 is 14.0 Å². The molecule has 0 atom stereocenters. The smallest absolute Gasteiger partial charge is 0.148 e. The molecule has 146 valence electrons. The number of benzene rings is 2. The first-order chi connectivity index (χ1) is 13.7. The normalized spacial score (nSPS) is 10.8. The number of hydrogen-bond donors (Lipinski definition) is 1. The molecule has 0 saturated carbocycles. The summed E-state index contributed by atoms with van der Waals surface area (Å²) in [6, 6.07) is 16.2. The molecule has 7 heteroatoms. The molecule has 6 nitrogen and oxygen atoms in total. The molecule has 0 unspecified atom stereocenters. The third-order valence-electron chi connectivity index (χ3n) is 4.29. The highest BCUT2D eigenvalue weighted by atomic mass is 32.2. The Hall–Kier alpha value is -2.66. The highest BCUT2D eigenvalue weighted by molar-refractivity contribution is 7.95. The van der Waals surface area contributed by atoms with Crippen LogP contribution in [0.2, 0.25) is 0 Å². The van der Waals surface area contributed by atoms with E-state index in [2.05, 4.69) is 22.3 Å².